The molecule has 0 aliphatic carbocycles. The molecule has 0 aromatic heterocycles. The summed E-state index contributed by atoms with van der Waals surface area (Å²) in [5, 5.41) is 0. The number of ether oxygens (including phenoxy) is 1. The van der Waals surface area contributed by atoms with E-state index in [1.165, 1.54) is 0 Å². The molecule has 2 N–H and O–H groups in total. The standard InChI is InChI=1S/C10H20N2O2/c1-3-14-8(2)10(13)12-6-4-5-9(11)7-12/h8-9H,3-7,11H2,1-2H3. The van der Waals surface area contributed by atoms with Gasteiger partial charge in [0.05, 0.1) is 0 Å². The molecule has 1 amide bonds. The van der Waals surface area contributed by atoms with Crippen molar-refractivity contribution in [2.75, 3.05) is 19.7 Å². The molecule has 4 nitrogen and oxygen atoms in total. The number of piperidine rings is 1. The van der Waals surface area contributed by atoms with Crippen LogP contribution in [0.2, 0.25) is 0 Å². The Morgan fingerprint density at radius 3 is 3.00 bits per heavy atom. The first-order chi connectivity index (χ1) is 6.65. The summed E-state index contributed by atoms with van der Waals surface area (Å²) in [6.07, 6.45) is 1.70. The fourth-order valence-corrected chi connectivity index (χ4v) is 1.79. The minimum absolute atomic E-state index is 0.0713. The third kappa shape index (κ3) is 2.96. The summed E-state index contributed by atoms with van der Waals surface area (Å²) in [5.41, 5.74) is 5.80. The minimum Gasteiger partial charge on any atom is -0.369 e. The van der Waals surface area contributed by atoms with Crippen molar-refractivity contribution in [1.82, 2.24) is 4.90 Å². The Bertz CT molecular complexity index is 197. The maximum absolute atomic E-state index is 11.8. The molecular formula is C10H20N2O2. The lowest BCUT2D eigenvalue weighted by molar-refractivity contribution is -0.143. The number of rotatable bonds is 3. The zero-order valence-electron chi connectivity index (χ0n) is 9.03. The number of carbonyl (C=O) groups excluding carboxylic acids is 1. The van der Waals surface area contributed by atoms with Gasteiger partial charge in [-0.25, -0.2) is 0 Å². The number of hydrogen-bond donors (Lipinski definition) is 1. The zero-order valence-corrected chi connectivity index (χ0v) is 9.03. The minimum atomic E-state index is -0.328. The lowest BCUT2D eigenvalue weighted by Gasteiger charge is -2.32. The Morgan fingerprint density at radius 2 is 2.43 bits per heavy atom. The lowest BCUT2D eigenvalue weighted by Crippen LogP contribution is -2.49. The van der Waals surface area contributed by atoms with Crippen LogP contribution in [-0.2, 0) is 9.53 Å². The normalized spacial score (nSPS) is 24.8. The van der Waals surface area contributed by atoms with Gasteiger partial charge in [0, 0.05) is 25.7 Å². The number of hydrogen-bond acceptors (Lipinski definition) is 3. The fraction of sp³-hybridized carbons (Fsp3) is 0.900. The highest BCUT2D eigenvalue weighted by Gasteiger charge is 2.25. The van der Waals surface area contributed by atoms with Crippen molar-refractivity contribution >= 4 is 5.91 Å². The molecule has 1 aliphatic rings. The van der Waals surface area contributed by atoms with Crippen molar-refractivity contribution in [3.63, 3.8) is 0 Å². The highest BCUT2D eigenvalue weighted by Crippen LogP contribution is 2.10. The largest absolute Gasteiger partial charge is 0.369 e. The van der Waals surface area contributed by atoms with E-state index in [2.05, 4.69) is 0 Å². The first-order valence-corrected chi connectivity index (χ1v) is 5.31. The molecule has 1 heterocycles. The SMILES string of the molecule is CCOC(C)C(=O)N1CCCC(N)C1. The molecule has 0 spiro atoms. The zero-order chi connectivity index (χ0) is 10.6. The van der Waals surface area contributed by atoms with E-state index < -0.39 is 0 Å². The van der Waals surface area contributed by atoms with E-state index in [1.54, 1.807) is 6.92 Å². The topological polar surface area (TPSA) is 55.6 Å². The van der Waals surface area contributed by atoms with E-state index in [0.717, 1.165) is 19.4 Å². The van der Waals surface area contributed by atoms with E-state index in [4.69, 9.17) is 10.5 Å². The van der Waals surface area contributed by atoms with Crippen LogP contribution in [0.4, 0.5) is 0 Å². The summed E-state index contributed by atoms with van der Waals surface area (Å²) in [6, 6.07) is 0.140. The smallest absolute Gasteiger partial charge is 0.251 e. The van der Waals surface area contributed by atoms with Gasteiger partial charge in [-0.3, -0.25) is 4.79 Å². The summed E-state index contributed by atoms with van der Waals surface area (Å²) in [5.74, 6) is 0.0713. The average Bonchev–Trinajstić information content (AvgIpc) is 2.17. The third-order valence-electron chi connectivity index (χ3n) is 2.53. The summed E-state index contributed by atoms with van der Waals surface area (Å²) >= 11 is 0. The quantitative estimate of drug-likeness (QED) is 0.715. The summed E-state index contributed by atoms with van der Waals surface area (Å²) < 4.78 is 5.26. The van der Waals surface area contributed by atoms with Crippen molar-refractivity contribution in [3.8, 4) is 0 Å². The molecule has 82 valence electrons. The number of amides is 1. The number of likely N-dealkylation sites (tertiary alicyclic amines) is 1. The second-order valence-corrected chi connectivity index (χ2v) is 3.78. The first kappa shape index (κ1) is 11.5. The van der Waals surface area contributed by atoms with Gasteiger partial charge in [0.2, 0.25) is 0 Å². The number of nitrogens with two attached hydrogens (primary N) is 1. The van der Waals surface area contributed by atoms with E-state index >= 15 is 0 Å². The highest BCUT2D eigenvalue weighted by molar-refractivity contribution is 5.80. The van der Waals surface area contributed by atoms with Crippen molar-refractivity contribution in [1.29, 1.82) is 0 Å². The maximum atomic E-state index is 11.8. The molecule has 0 saturated carbocycles. The predicted molar refractivity (Wildman–Crippen MR) is 54.9 cm³/mol. The third-order valence-corrected chi connectivity index (χ3v) is 2.53. The first-order valence-electron chi connectivity index (χ1n) is 5.31. The Hall–Kier alpha value is -0.610. The van der Waals surface area contributed by atoms with Gasteiger partial charge in [-0.2, -0.15) is 0 Å². The van der Waals surface area contributed by atoms with Crippen LogP contribution in [-0.4, -0.2) is 42.6 Å². The monoisotopic (exact) mass is 200 g/mol. The van der Waals surface area contributed by atoms with E-state index in [9.17, 15) is 4.79 Å². The van der Waals surface area contributed by atoms with Crippen LogP contribution in [0.5, 0.6) is 0 Å². The predicted octanol–water partition coefficient (Wildman–Crippen LogP) is 0.361. The molecule has 1 saturated heterocycles. The molecule has 1 aliphatic heterocycles. The summed E-state index contributed by atoms with van der Waals surface area (Å²) in [6.45, 7) is 5.77. The average molecular weight is 200 g/mol. The van der Waals surface area contributed by atoms with Crippen LogP contribution in [0.3, 0.4) is 0 Å². The Labute approximate surface area is 85.4 Å². The second kappa shape index (κ2) is 5.32. The van der Waals surface area contributed by atoms with Gasteiger partial charge >= 0.3 is 0 Å². The molecule has 0 aromatic carbocycles. The molecule has 2 unspecified atom stereocenters. The van der Waals surface area contributed by atoms with Crippen molar-refractivity contribution < 1.29 is 9.53 Å². The van der Waals surface area contributed by atoms with Gasteiger partial charge in [-0.15, -0.1) is 0 Å². The van der Waals surface area contributed by atoms with Crippen molar-refractivity contribution in [2.24, 2.45) is 5.73 Å². The van der Waals surface area contributed by atoms with Gasteiger partial charge in [0.25, 0.3) is 5.91 Å². The Balaban J connectivity index is 2.42. The van der Waals surface area contributed by atoms with Crippen LogP contribution >= 0.6 is 0 Å². The van der Waals surface area contributed by atoms with Crippen LogP contribution in [0.25, 0.3) is 0 Å². The van der Waals surface area contributed by atoms with Crippen LogP contribution in [0.15, 0.2) is 0 Å². The second-order valence-electron chi connectivity index (χ2n) is 3.78. The Morgan fingerprint density at radius 1 is 1.71 bits per heavy atom. The lowest BCUT2D eigenvalue weighted by atomic mass is 10.1. The van der Waals surface area contributed by atoms with Gasteiger partial charge in [0.1, 0.15) is 6.10 Å². The molecule has 1 rings (SSSR count). The number of nitrogens with zero attached hydrogens (tertiary/aromatic N) is 1. The molecule has 0 aromatic rings. The van der Waals surface area contributed by atoms with Gasteiger partial charge < -0.3 is 15.4 Å². The molecule has 4 heteroatoms. The van der Waals surface area contributed by atoms with Crippen LogP contribution in [0.1, 0.15) is 26.7 Å². The van der Waals surface area contributed by atoms with E-state index in [-0.39, 0.29) is 18.1 Å². The molecule has 0 bridgehead atoms. The molecule has 1 fully saturated rings. The van der Waals surface area contributed by atoms with Gasteiger partial charge in [-0.05, 0) is 26.7 Å². The van der Waals surface area contributed by atoms with Gasteiger partial charge in [0.15, 0.2) is 0 Å². The van der Waals surface area contributed by atoms with E-state index in [0.29, 0.717) is 13.2 Å². The molecule has 14 heavy (non-hydrogen) atoms. The van der Waals surface area contributed by atoms with Crippen LogP contribution < -0.4 is 5.73 Å². The summed E-state index contributed by atoms with van der Waals surface area (Å²) in [7, 11) is 0. The molecule has 2 atom stereocenters. The summed E-state index contributed by atoms with van der Waals surface area (Å²) in [4.78, 5) is 13.6. The van der Waals surface area contributed by atoms with Crippen molar-refractivity contribution in [2.45, 2.75) is 38.8 Å². The van der Waals surface area contributed by atoms with E-state index in [1.807, 2.05) is 11.8 Å². The number of carbonyl (C=O) groups is 1. The molecule has 0 radical (unpaired) electrons. The van der Waals surface area contributed by atoms with Crippen molar-refractivity contribution in [3.05, 3.63) is 0 Å². The maximum Gasteiger partial charge on any atom is 0.251 e. The van der Waals surface area contributed by atoms with Gasteiger partial charge in [-0.1, -0.05) is 0 Å². The Kier molecular flexibility index (Phi) is 4.35. The molecular weight excluding hydrogens is 180 g/mol. The fourth-order valence-electron chi connectivity index (χ4n) is 1.79. The highest BCUT2D eigenvalue weighted by atomic mass is 16.5. The van der Waals surface area contributed by atoms with Crippen LogP contribution in [0, 0.1) is 0 Å².